The number of carbonyl (C=O) groups excluding carboxylic acids is 3. The lowest BCUT2D eigenvalue weighted by Crippen LogP contribution is -2.54. The van der Waals surface area contributed by atoms with Crippen LogP contribution in [0.15, 0.2) is 115 Å². The van der Waals surface area contributed by atoms with Crippen molar-refractivity contribution in [3.05, 3.63) is 138 Å². The van der Waals surface area contributed by atoms with E-state index in [1.165, 1.54) is 0 Å². The predicted molar refractivity (Wildman–Crippen MR) is 156 cm³/mol. The van der Waals surface area contributed by atoms with E-state index in [0.29, 0.717) is 12.4 Å². The number of hydrogen-bond acceptors (Lipinski definition) is 5. The molecule has 210 valence electrons. The highest BCUT2D eigenvalue weighted by atomic mass is 16.5. The first-order valence-corrected chi connectivity index (χ1v) is 13.3. The smallest absolute Gasteiger partial charge is 0.408 e. The molecule has 8 nitrogen and oxygen atoms in total. The van der Waals surface area contributed by atoms with Gasteiger partial charge in [0.1, 0.15) is 31.0 Å². The van der Waals surface area contributed by atoms with E-state index in [0.717, 1.165) is 22.3 Å². The van der Waals surface area contributed by atoms with Crippen molar-refractivity contribution in [1.82, 2.24) is 10.6 Å². The van der Waals surface area contributed by atoms with Crippen LogP contribution in [0.3, 0.4) is 0 Å². The van der Waals surface area contributed by atoms with Gasteiger partial charge in [-0.2, -0.15) is 0 Å². The van der Waals surface area contributed by atoms with Crippen LogP contribution in [0.5, 0.6) is 5.75 Å². The van der Waals surface area contributed by atoms with Gasteiger partial charge in [-0.25, -0.2) is 4.79 Å². The number of alkyl carbamates (subject to hydrolysis) is 1. The molecule has 0 heterocycles. The molecule has 0 aliphatic heterocycles. The van der Waals surface area contributed by atoms with Crippen molar-refractivity contribution >= 4 is 17.9 Å². The van der Waals surface area contributed by atoms with Gasteiger partial charge in [0, 0.05) is 12.8 Å². The first-order chi connectivity index (χ1) is 20.0. The van der Waals surface area contributed by atoms with Crippen LogP contribution in [0.2, 0.25) is 0 Å². The maximum absolute atomic E-state index is 13.3. The Hall–Kier alpha value is -5.11. The highest BCUT2D eigenvalue weighted by Gasteiger charge is 2.27. The molecular formula is C33H33N3O5. The Balaban J connectivity index is 1.37. The predicted octanol–water partition coefficient (Wildman–Crippen LogP) is 4.32. The van der Waals surface area contributed by atoms with Gasteiger partial charge in [-0.3, -0.25) is 9.59 Å². The molecule has 4 rings (SSSR count). The van der Waals surface area contributed by atoms with Crippen molar-refractivity contribution in [3.63, 3.8) is 0 Å². The van der Waals surface area contributed by atoms with Crippen LogP contribution in [-0.2, 0) is 40.4 Å². The summed E-state index contributed by atoms with van der Waals surface area (Å²) in [7, 11) is 0. The largest absolute Gasteiger partial charge is 0.489 e. The minimum atomic E-state index is -0.990. The van der Waals surface area contributed by atoms with Crippen molar-refractivity contribution in [1.29, 1.82) is 0 Å². The number of rotatable bonds is 13. The SMILES string of the molecule is NC(=O)[C@@H](Cc1ccc(OCc2ccccc2)cc1)NC(=O)[C@@H](Cc1ccccc1)NC(=O)OCc1ccccc1. The molecule has 0 bridgehead atoms. The van der Waals surface area contributed by atoms with Crippen molar-refractivity contribution in [2.24, 2.45) is 5.73 Å². The summed E-state index contributed by atoms with van der Waals surface area (Å²) >= 11 is 0. The van der Waals surface area contributed by atoms with Crippen LogP contribution in [0.25, 0.3) is 0 Å². The Morgan fingerprint density at radius 1 is 0.585 bits per heavy atom. The van der Waals surface area contributed by atoms with E-state index in [4.69, 9.17) is 15.2 Å². The highest BCUT2D eigenvalue weighted by Crippen LogP contribution is 2.16. The molecule has 0 aliphatic carbocycles. The van der Waals surface area contributed by atoms with E-state index >= 15 is 0 Å². The van der Waals surface area contributed by atoms with Crippen LogP contribution in [0, 0.1) is 0 Å². The fourth-order valence-electron chi connectivity index (χ4n) is 4.16. The molecule has 8 heteroatoms. The summed E-state index contributed by atoms with van der Waals surface area (Å²) < 4.78 is 11.1. The van der Waals surface area contributed by atoms with Gasteiger partial charge < -0.3 is 25.8 Å². The minimum Gasteiger partial charge on any atom is -0.489 e. The van der Waals surface area contributed by atoms with Crippen LogP contribution < -0.4 is 21.1 Å². The van der Waals surface area contributed by atoms with Crippen LogP contribution in [0.4, 0.5) is 4.79 Å². The monoisotopic (exact) mass is 551 g/mol. The number of ether oxygens (including phenoxy) is 2. The van der Waals surface area contributed by atoms with Gasteiger partial charge in [-0.1, -0.05) is 103 Å². The molecule has 0 radical (unpaired) electrons. The molecule has 0 aliphatic rings. The number of hydrogen-bond donors (Lipinski definition) is 3. The lowest BCUT2D eigenvalue weighted by Gasteiger charge is -2.22. The lowest BCUT2D eigenvalue weighted by atomic mass is 10.0. The normalized spacial score (nSPS) is 12.0. The molecule has 4 aromatic rings. The number of nitrogens with two attached hydrogens (primary N) is 1. The minimum absolute atomic E-state index is 0.0569. The van der Waals surface area contributed by atoms with E-state index in [9.17, 15) is 14.4 Å². The fourth-order valence-corrected chi connectivity index (χ4v) is 4.16. The maximum atomic E-state index is 13.3. The van der Waals surface area contributed by atoms with Crippen LogP contribution in [0.1, 0.15) is 22.3 Å². The molecule has 41 heavy (non-hydrogen) atoms. The number of carbonyl (C=O) groups is 3. The average molecular weight is 552 g/mol. The summed E-state index contributed by atoms with van der Waals surface area (Å²) in [4.78, 5) is 38.2. The Bertz CT molecular complexity index is 1400. The summed E-state index contributed by atoms with van der Waals surface area (Å²) in [6, 6.07) is 33.6. The molecule has 0 saturated heterocycles. The van der Waals surface area contributed by atoms with Gasteiger partial charge in [0.15, 0.2) is 0 Å². The van der Waals surface area contributed by atoms with Crippen molar-refractivity contribution in [2.45, 2.75) is 38.1 Å². The molecule has 3 amide bonds. The van der Waals surface area contributed by atoms with Crippen LogP contribution in [-0.4, -0.2) is 30.0 Å². The molecule has 2 atom stereocenters. The van der Waals surface area contributed by atoms with Gasteiger partial charge in [0.05, 0.1) is 0 Å². The third kappa shape index (κ3) is 9.54. The standard InChI is InChI=1S/C33H33N3O5/c34-31(37)29(20-25-16-18-28(19-17-25)40-22-26-12-6-2-7-13-26)35-32(38)30(21-24-10-4-1-5-11-24)36-33(39)41-23-27-14-8-3-9-15-27/h1-19,29-30H,20-23H2,(H2,34,37)(H,35,38)(H,36,39)/t29-,30-/m1/s1. The van der Waals surface area contributed by atoms with Crippen molar-refractivity contribution in [3.8, 4) is 5.75 Å². The molecule has 0 spiro atoms. The van der Waals surface area contributed by atoms with E-state index in [1.807, 2.05) is 103 Å². The van der Waals surface area contributed by atoms with E-state index in [1.54, 1.807) is 12.1 Å². The Morgan fingerprint density at radius 3 is 1.63 bits per heavy atom. The van der Waals surface area contributed by atoms with Gasteiger partial charge in [-0.15, -0.1) is 0 Å². The van der Waals surface area contributed by atoms with E-state index < -0.39 is 30.0 Å². The van der Waals surface area contributed by atoms with Crippen molar-refractivity contribution in [2.75, 3.05) is 0 Å². The van der Waals surface area contributed by atoms with Gasteiger partial charge in [0.25, 0.3) is 0 Å². The second-order valence-corrected chi connectivity index (χ2v) is 9.53. The zero-order valence-electron chi connectivity index (χ0n) is 22.6. The number of amides is 3. The molecule has 4 N–H and O–H groups in total. The summed E-state index contributed by atoms with van der Waals surface area (Å²) in [5.41, 5.74) is 9.14. The maximum Gasteiger partial charge on any atom is 0.408 e. The first kappa shape index (κ1) is 28.9. The molecule has 0 aromatic heterocycles. The topological polar surface area (TPSA) is 120 Å². The number of nitrogens with one attached hydrogen (secondary N) is 2. The molecular weight excluding hydrogens is 518 g/mol. The Labute approximate surface area is 239 Å². The summed E-state index contributed by atoms with van der Waals surface area (Å²) in [5, 5.41) is 5.35. The van der Waals surface area contributed by atoms with Gasteiger partial charge in [0.2, 0.25) is 11.8 Å². The summed E-state index contributed by atoms with van der Waals surface area (Å²) in [6.45, 7) is 0.491. The third-order valence-electron chi connectivity index (χ3n) is 6.38. The zero-order valence-corrected chi connectivity index (χ0v) is 22.6. The number of primary amides is 1. The average Bonchev–Trinajstić information content (AvgIpc) is 3.00. The van der Waals surface area contributed by atoms with E-state index in [2.05, 4.69) is 10.6 Å². The quantitative estimate of drug-likeness (QED) is 0.229. The number of benzene rings is 4. The second-order valence-electron chi connectivity index (χ2n) is 9.53. The highest BCUT2D eigenvalue weighted by molar-refractivity contribution is 5.91. The molecule has 0 fully saturated rings. The Morgan fingerprint density at radius 2 is 1.07 bits per heavy atom. The van der Waals surface area contributed by atoms with E-state index in [-0.39, 0.29) is 19.4 Å². The van der Waals surface area contributed by atoms with Crippen molar-refractivity contribution < 1.29 is 23.9 Å². The molecule has 4 aromatic carbocycles. The summed E-state index contributed by atoms with van der Waals surface area (Å²) in [5.74, 6) is -0.552. The van der Waals surface area contributed by atoms with Gasteiger partial charge in [-0.05, 0) is 34.4 Å². The fraction of sp³-hybridized carbons (Fsp3) is 0.182. The second kappa shape index (κ2) is 14.9. The molecule has 0 unspecified atom stereocenters. The van der Waals surface area contributed by atoms with Crippen LogP contribution >= 0.6 is 0 Å². The Kier molecular flexibility index (Phi) is 10.5. The zero-order chi connectivity index (χ0) is 28.9. The summed E-state index contributed by atoms with van der Waals surface area (Å²) in [6.07, 6.45) is -0.366. The molecule has 0 saturated carbocycles. The van der Waals surface area contributed by atoms with Gasteiger partial charge >= 0.3 is 6.09 Å². The first-order valence-electron chi connectivity index (χ1n) is 13.3. The third-order valence-corrected chi connectivity index (χ3v) is 6.38. The lowest BCUT2D eigenvalue weighted by molar-refractivity contribution is -0.128.